The van der Waals surface area contributed by atoms with Crippen molar-refractivity contribution in [3.63, 3.8) is 0 Å². The van der Waals surface area contributed by atoms with Crippen LogP contribution in [0.15, 0.2) is 42.5 Å². The van der Waals surface area contributed by atoms with Crippen LogP contribution in [-0.2, 0) is 0 Å². The maximum absolute atomic E-state index is 12.2. The molecule has 0 aliphatic carbocycles. The summed E-state index contributed by atoms with van der Waals surface area (Å²) in [5.41, 5.74) is 1.30. The van der Waals surface area contributed by atoms with Crippen LogP contribution in [0.1, 0.15) is 10.4 Å². The fourth-order valence-electron chi connectivity index (χ4n) is 2.10. The number of nitrogens with zero attached hydrogens (tertiary/aromatic N) is 1. The number of rotatable bonds is 5. The van der Waals surface area contributed by atoms with Crippen molar-refractivity contribution in [3.8, 4) is 5.75 Å². The first kappa shape index (κ1) is 17.7. The molecular weight excluding hydrogens is 400 g/mol. The lowest BCUT2D eigenvalue weighted by Gasteiger charge is -2.04. The molecule has 0 unspecified atom stereocenters. The lowest BCUT2D eigenvalue weighted by Crippen LogP contribution is -3.00. The minimum Gasteiger partial charge on any atom is -1.00 e. The molecule has 0 aliphatic rings. The molecule has 0 fully saturated rings. The van der Waals surface area contributed by atoms with Crippen LogP contribution in [-0.4, -0.2) is 24.4 Å². The molecule has 0 amide bonds. The molecule has 0 atom stereocenters. The SMILES string of the molecule is COc1cccc2sc(NCC(=O)c3ccccc3Cl)nc12.[Br-]. The van der Waals surface area contributed by atoms with Gasteiger partial charge in [-0.05, 0) is 24.3 Å². The average Bonchev–Trinajstić information content (AvgIpc) is 2.96. The number of ketones is 1. The van der Waals surface area contributed by atoms with Crippen LogP contribution in [0, 0.1) is 0 Å². The highest BCUT2D eigenvalue weighted by Crippen LogP contribution is 2.32. The van der Waals surface area contributed by atoms with Crippen LogP contribution in [0.25, 0.3) is 10.2 Å². The number of fused-ring (bicyclic) bond motifs is 1. The molecule has 120 valence electrons. The Labute approximate surface area is 153 Å². The number of hydrogen-bond donors (Lipinski definition) is 1. The lowest BCUT2D eigenvalue weighted by molar-refractivity contribution is -0.0000122. The summed E-state index contributed by atoms with van der Waals surface area (Å²) in [6, 6.07) is 12.8. The molecule has 0 saturated carbocycles. The molecule has 4 nitrogen and oxygen atoms in total. The van der Waals surface area contributed by atoms with Crippen molar-refractivity contribution in [1.29, 1.82) is 0 Å². The predicted octanol–water partition coefficient (Wildman–Crippen LogP) is 1.26. The first-order valence-electron chi connectivity index (χ1n) is 6.64. The summed E-state index contributed by atoms with van der Waals surface area (Å²) in [7, 11) is 1.61. The van der Waals surface area contributed by atoms with E-state index < -0.39 is 0 Å². The van der Waals surface area contributed by atoms with E-state index in [4.69, 9.17) is 16.3 Å². The highest BCUT2D eigenvalue weighted by Gasteiger charge is 2.12. The summed E-state index contributed by atoms with van der Waals surface area (Å²) in [5, 5.41) is 4.19. The van der Waals surface area contributed by atoms with E-state index in [1.807, 2.05) is 18.2 Å². The molecule has 1 aromatic heterocycles. The number of hydrogen-bond acceptors (Lipinski definition) is 5. The molecule has 0 bridgehead atoms. The maximum Gasteiger partial charge on any atom is 0.184 e. The summed E-state index contributed by atoms with van der Waals surface area (Å²) in [5.74, 6) is 0.649. The third-order valence-electron chi connectivity index (χ3n) is 3.18. The number of nitrogens with one attached hydrogen (secondary N) is 1. The fraction of sp³-hybridized carbons (Fsp3) is 0.125. The van der Waals surface area contributed by atoms with Crippen molar-refractivity contribution in [2.24, 2.45) is 0 Å². The number of Topliss-reactive ketones (excluding diaryl/α,β-unsaturated/α-hetero) is 1. The number of thiazole rings is 1. The van der Waals surface area contributed by atoms with Gasteiger partial charge in [0.2, 0.25) is 0 Å². The van der Waals surface area contributed by atoms with Gasteiger partial charge in [0, 0.05) is 5.56 Å². The molecule has 7 heteroatoms. The fourth-order valence-corrected chi connectivity index (χ4v) is 3.22. The molecule has 1 N–H and O–H groups in total. The first-order valence-corrected chi connectivity index (χ1v) is 7.83. The van der Waals surface area contributed by atoms with Gasteiger partial charge in [-0.15, -0.1) is 0 Å². The van der Waals surface area contributed by atoms with E-state index in [9.17, 15) is 4.79 Å². The largest absolute Gasteiger partial charge is 1.00 e. The lowest BCUT2D eigenvalue weighted by atomic mass is 10.1. The van der Waals surface area contributed by atoms with Crippen LogP contribution < -0.4 is 27.0 Å². The van der Waals surface area contributed by atoms with Gasteiger partial charge < -0.3 is 27.0 Å². The monoisotopic (exact) mass is 411 g/mol. The van der Waals surface area contributed by atoms with E-state index in [0.717, 1.165) is 16.0 Å². The Bertz CT molecular complexity index is 838. The zero-order valence-electron chi connectivity index (χ0n) is 12.2. The number of para-hydroxylation sites is 1. The van der Waals surface area contributed by atoms with Crippen LogP contribution >= 0.6 is 22.9 Å². The van der Waals surface area contributed by atoms with Gasteiger partial charge in [0.05, 0.1) is 23.4 Å². The third-order valence-corrected chi connectivity index (χ3v) is 4.48. The summed E-state index contributed by atoms with van der Waals surface area (Å²) in [6.07, 6.45) is 0. The van der Waals surface area contributed by atoms with E-state index in [1.54, 1.807) is 31.4 Å². The van der Waals surface area contributed by atoms with Crippen molar-refractivity contribution in [2.45, 2.75) is 0 Å². The molecule has 0 aliphatic heterocycles. The molecule has 23 heavy (non-hydrogen) atoms. The number of ether oxygens (including phenoxy) is 1. The number of benzene rings is 2. The highest BCUT2D eigenvalue weighted by atomic mass is 79.9. The van der Waals surface area contributed by atoms with Gasteiger partial charge in [-0.1, -0.05) is 41.1 Å². The van der Waals surface area contributed by atoms with Crippen LogP contribution in [0.3, 0.4) is 0 Å². The Morgan fingerprint density at radius 2 is 2.04 bits per heavy atom. The molecule has 1 heterocycles. The standard InChI is InChI=1S/C16H13ClN2O2S.BrH/c1-21-13-7-4-8-14-15(13)19-16(22-14)18-9-12(20)10-5-2-3-6-11(10)17;/h2-8H,9H2,1H3,(H,18,19);1H/p-1. The van der Waals surface area contributed by atoms with E-state index in [2.05, 4.69) is 10.3 Å². The molecule has 3 rings (SSSR count). The molecule has 0 spiro atoms. The summed E-state index contributed by atoms with van der Waals surface area (Å²) in [4.78, 5) is 16.7. The predicted molar refractivity (Wildman–Crippen MR) is 90.4 cm³/mol. The number of anilines is 1. The topological polar surface area (TPSA) is 51.2 Å². The quantitative estimate of drug-likeness (QED) is 0.641. The Morgan fingerprint density at radius 1 is 1.26 bits per heavy atom. The zero-order valence-corrected chi connectivity index (χ0v) is 15.3. The molecule has 0 saturated heterocycles. The van der Waals surface area contributed by atoms with Crippen LogP contribution in [0.2, 0.25) is 5.02 Å². The zero-order chi connectivity index (χ0) is 15.5. The van der Waals surface area contributed by atoms with E-state index in [1.165, 1.54) is 11.3 Å². The Hall–Kier alpha value is -1.63. The van der Waals surface area contributed by atoms with Gasteiger partial charge in [-0.3, -0.25) is 4.79 Å². The Balaban J connectivity index is 0.00000192. The van der Waals surface area contributed by atoms with Crippen molar-refractivity contribution in [3.05, 3.63) is 53.1 Å². The van der Waals surface area contributed by atoms with Crippen LogP contribution in [0.4, 0.5) is 5.13 Å². The van der Waals surface area contributed by atoms with Crippen molar-refractivity contribution in [1.82, 2.24) is 4.98 Å². The highest BCUT2D eigenvalue weighted by molar-refractivity contribution is 7.22. The smallest absolute Gasteiger partial charge is 0.184 e. The second-order valence-electron chi connectivity index (χ2n) is 4.58. The number of carbonyl (C=O) groups excluding carboxylic acids is 1. The van der Waals surface area contributed by atoms with Crippen molar-refractivity contribution in [2.75, 3.05) is 19.0 Å². The maximum atomic E-state index is 12.2. The Kier molecular flexibility index (Phi) is 5.98. The van der Waals surface area contributed by atoms with Crippen LogP contribution in [0.5, 0.6) is 5.75 Å². The second-order valence-corrected chi connectivity index (χ2v) is 6.02. The number of carbonyl (C=O) groups is 1. The third kappa shape index (κ3) is 3.83. The minimum absolute atomic E-state index is 0. The van der Waals surface area contributed by atoms with Gasteiger partial charge in [0.25, 0.3) is 0 Å². The average molecular weight is 413 g/mol. The van der Waals surface area contributed by atoms with Gasteiger partial charge in [-0.25, -0.2) is 4.98 Å². The number of aromatic nitrogens is 1. The number of halogens is 2. The Morgan fingerprint density at radius 3 is 2.78 bits per heavy atom. The van der Waals surface area contributed by atoms with Crippen molar-refractivity contribution >= 4 is 44.1 Å². The first-order chi connectivity index (χ1) is 10.7. The second kappa shape index (κ2) is 7.77. The minimum atomic E-state index is -0.0724. The normalized spacial score (nSPS) is 10.2. The van der Waals surface area contributed by atoms with Gasteiger partial charge in [0.15, 0.2) is 10.9 Å². The molecule has 3 aromatic rings. The van der Waals surface area contributed by atoms with Gasteiger partial charge in [0.1, 0.15) is 11.3 Å². The molecule has 0 radical (unpaired) electrons. The van der Waals surface area contributed by atoms with Gasteiger partial charge >= 0.3 is 0 Å². The molecular formula is C16H13BrClN2O2S-. The van der Waals surface area contributed by atoms with E-state index >= 15 is 0 Å². The van der Waals surface area contributed by atoms with Crippen molar-refractivity contribution < 1.29 is 26.5 Å². The van der Waals surface area contributed by atoms with E-state index in [0.29, 0.717) is 15.7 Å². The summed E-state index contributed by atoms with van der Waals surface area (Å²) in [6.45, 7) is 0.145. The van der Waals surface area contributed by atoms with Gasteiger partial charge in [-0.2, -0.15) is 0 Å². The number of methoxy groups -OCH3 is 1. The van der Waals surface area contributed by atoms with E-state index in [-0.39, 0.29) is 29.3 Å². The summed E-state index contributed by atoms with van der Waals surface area (Å²) >= 11 is 7.51. The molecule has 2 aromatic carbocycles. The summed E-state index contributed by atoms with van der Waals surface area (Å²) < 4.78 is 6.29.